The minimum atomic E-state index is -1.07. The Labute approximate surface area is 162 Å². The van der Waals surface area contributed by atoms with E-state index >= 15 is 0 Å². The fourth-order valence-electron chi connectivity index (χ4n) is 2.49. The molecule has 0 radical (unpaired) electrons. The Morgan fingerprint density at radius 1 is 1.07 bits per heavy atom. The van der Waals surface area contributed by atoms with Crippen molar-refractivity contribution in [2.24, 2.45) is 0 Å². The first kappa shape index (κ1) is 20.5. The molecule has 142 valence electrons. The molecule has 0 bridgehead atoms. The van der Waals surface area contributed by atoms with Crippen LogP contribution in [0.5, 0.6) is 0 Å². The van der Waals surface area contributed by atoms with E-state index in [2.05, 4.69) is 10.6 Å². The molecule has 0 aliphatic heterocycles. The van der Waals surface area contributed by atoms with Gasteiger partial charge in [-0.3, -0.25) is 9.59 Å². The third-order valence-corrected chi connectivity index (χ3v) is 4.49. The highest BCUT2D eigenvalue weighted by Crippen LogP contribution is 2.12. The Balaban J connectivity index is 2.03. The van der Waals surface area contributed by atoms with Gasteiger partial charge in [0.05, 0.1) is 12.0 Å². The summed E-state index contributed by atoms with van der Waals surface area (Å²) in [5.74, 6) is -0.963. The third-order valence-electron chi connectivity index (χ3n) is 3.85. The Morgan fingerprint density at radius 2 is 1.81 bits per heavy atom. The van der Waals surface area contributed by atoms with Crippen LogP contribution in [-0.4, -0.2) is 40.9 Å². The van der Waals surface area contributed by atoms with E-state index in [0.717, 1.165) is 5.56 Å². The standard InChI is InChI=1S/C20H22N2O4S/c1-27-11-10-17(22-18(23)12-14-6-3-2-4-7-14)19(24)21-16-9-5-8-15(13-16)20(25)26/h2-9,13,17H,10-12H2,1H3,(H,21,24)(H,22,23)(H,25,26). The van der Waals surface area contributed by atoms with E-state index in [1.54, 1.807) is 23.9 Å². The summed E-state index contributed by atoms with van der Waals surface area (Å²) >= 11 is 1.58. The van der Waals surface area contributed by atoms with Gasteiger partial charge in [-0.05, 0) is 42.2 Å². The van der Waals surface area contributed by atoms with Gasteiger partial charge in [0.1, 0.15) is 6.04 Å². The molecule has 1 unspecified atom stereocenters. The number of rotatable bonds is 9. The van der Waals surface area contributed by atoms with Gasteiger partial charge in [0.25, 0.3) is 0 Å². The van der Waals surface area contributed by atoms with Crippen molar-refractivity contribution in [3.05, 3.63) is 65.7 Å². The average molecular weight is 386 g/mol. The SMILES string of the molecule is CSCCC(NC(=O)Cc1ccccc1)C(=O)Nc1cccc(C(=O)O)c1. The molecular formula is C20H22N2O4S. The number of carboxylic acids is 1. The Bertz CT molecular complexity index is 796. The van der Waals surface area contributed by atoms with Crippen LogP contribution in [0.1, 0.15) is 22.3 Å². The minimum absolute atomic E-state index is 0.0848. The largest absolute Gasteiger partial charge is 0.478 e. The maximum Gasteiger partial charge on any atom is 0.335 e. The summed E-state index contributed by atoms with van der Waals surface area (Å²) in [5, 5.41) is 14.5. The number of carbonyl (C=O) groups is 3. The average Bonchev–Trinajstić information content (AvgIpc) is 2.66. The molecule has 0 fully saturated rings. The zero-order chi connectivity index (χ0) is 19.6. The summed E-state index contributed by atoms with van der Waals surface area (Å²) in [7, 11) is 0. The van der Waals surface area contributed by atoms with Crippen LogP contribution in [0.4, 0.5) is 5.69 Å². The summed E-state index contributed by atoms with van der Waals surface area (Å²) in [6.07, 6.45) is 2.60. The first-order valence-corrected chi connectivity index (χ1v) is 9.85. The molecule has 2 rings (SSSR count). The number of carbonyl (C=O) groups excluding carboxylic acids is 2. The van der Waals surface area contributed by atoms with Gasteiger partial charge in [0.2, 0.25) is 11.8 Å². The molecule has 0 saturated heterocycles. The van der Waals surface area contributed by atoms with E-state index < -0.39 is 12.0 Å². The van der Waals surface area contributed by atoms with Crippen molar-refractivity contribution in [1.29, 1.82) is 0 Å². The van der Waals surface area contributed by atoms with Gasteiger partial charge in [0, 0.05) is 5.69 Å². The number of nitrogens with one attached hydrogen (secondary N) is 2. The molecule has 2 amide bonds. The molecule has 0 aliphatic carbocycles. The van der Waals surface area contributed by atoms with E-state index in [0.29, 0.717) is 17.9 Å². The van der Waals surface area contributed by atoms with Crippen molar-refractivity contribution in [2.75, 3.05) is 17.3 Å². The quantitative estimate of drug-likeness (QED) is 0.616. The van der Waals surface area contributed by atoms with Crippen LogP contribution in [0.2, 0.25) is 0 Å². The maximum atomic E-state index is 12.6. The lowest BCUT2D eigenvalue weighted by molar-refractivity contribution is -0.126. The van der Waals surface area contributed by atoms with Crippen molar-refractivity contribution < 1.29 is 19.5 Å². The Morgan fingerprint density at radius 3 is 2.48 bits per heavy atom. The van der Waals surface area contributed by atoms with Crippen molar-refractivity contribution in [3.8, 4) is 0 Å². The molecule has 0 saturated carbocycles. The van der Waals surface area contributed by atoms with E-state index in [-0.39, 0.29) is 23.8 Å². The van der Waals surface area contributed by atoms with Crippen LogP contribution in [0.15, 0.2) is 54.6 Å². The number of carboxylic acid groups (broad SMARTS) is 1. The highest BCUT2D eigenvalue weighted by molar-refractivity contribution is 7.98. The number of thioether (sulfide) groups is 1. The van der Waals surface area contributed by atoms with Gasteiger partial charge in [-0.2, -0.15) is 11.8 Å². The number of aromatic carboxylic acids is 1. The third kappa shape index (κ3) is 6.79. The summed E-state index contributed by atoms with van der Waals surface area (Å²) in [5.41, 5.74) is 1.33. The molecule has 2 aromatic rings. The second kappa shape index (κ2) is 10.4. The summed E-state index contributed by atoms with van der Waals surface area (Å²) in [6.45, 7) is 0. The number of hydrogen-bond donors (Lipinski definition) is 3. The molecule has 7 heteroatoms. The normalized spacial score (nSPS) is 11.4. The number of hydrogen-bond acceptors (Lipinski definition) is 4. The Kier molecular flexibility index (Phi) is 7.88. The van der Waals surface area contributed by atoms with Crippen LogP contribution in [0.25, 0.3) is 0 Å². The lowest BCUT2D eigenvalue weighted by atomic mass is 10.1. The van der Waals surface area contributed by atoms with Gasteiger partial charge in [0.15, 0.2) is 0 Å². The highest BCUT2D eigenvalue weighted by Gasteiger charge is 2.21. The summed E-state index contributed by atoms with van der Waals surface area (Å²) < 4.78 is 0. The fourth-order valence-corrected chi connectivity index (χ4v) is 2.96. The van der Waals surface area contributed by atoms with E-state index in [4.69, 9.17) is 5.11 Å². The summed E-state index contributed by atoms with van der Waals surface area (Å²) in [4.78, 5) is 36.0. The predicted octanol–water partition coefficient (Wildman–Crippen LogP) is 2.80. The molecule has 27 heavy (non-hydrogen) atoms. The first-order chi connectivity index (χ1) is 13.0. The lowest BCUT2D eigenvalue weighted by Crippen LogP contribution is -2.44. The topological polar surface area (TPSA) is 95.5 Å². The van der Waals surface area contributed by atoms with Crippen LogP contribution in [-0.2, 0) is 16.0 Å². The van der Waals surface area contributed by atoms with Crippen molar-refractivity contribution >= 4 is 35.2 Å². The van der Waals surface area contributed by atoms with Gasteiger partial charge in [-0.25, -0.2) is 4.79 Å². The molecule has 0 heterocycles. The zero-order valence-electron chi connectivity index (χ0n) is 15.0. The number of benzene rings is 2. The van der Waals surface area contributed by atoms with Gasteiger partial charge in [-0.15, -0.1) is 0 Å². The molecule has 0 aromatic heterocycles. The Hall–Kier alpha value is -2.80. The van der Waals surface area contributed by atoms with E-state index in [1.165, 1.54) is 12.1 Å². The molecular weight excluding hydrogens is 364 g/mol. The lowest BCUT2D eigenvalue weighted by Gasteiger charge is -2.18. The molecule has 0 aliphatic rings. The summed E-state index contributed by atoms with van der Waals surface area (Å²) in [6, 6.07) is 14.6. The van der Waals surface area contributed by atoms with Crippen LogP contribution >= 0.6 is 11.8 Å². The first-order valence-electron chi connectivity index (χ1n) is 8.46. The highest BCUT2D eigenvalue weighted by atomic mass is 32.2. The van der Waals surface area contributed by atoms with Crippen LogP contribution < -0.4 is 10.6 Å². The van der Waals surface area contributed by atoms with Crippen molar-refractivity contribution in [3.63, 3.8) is 0 Å². The van der Waals surface area contributed by atoms with Gasteiger partial charge < -0.3 is 15.7 Å². The maximum absolute atomic E-state index is 12.6. The van der Waals surface area contributed by atoms with Gasteiger partial charge >= 0.3 is 5.97 Å². The number of anilines is 1. The molecule has 1 atom stereocenters. The molecule has 3 N–H and O–H groups in total. The second-order valence-corrected chi connectivity index (χ2v) is 6.92. The zero-order valence-corrected chi connectivity index (χ0v) is 15.8. The van der Waals surface area contributed by atoms with Gasteiger partial charge in [-0.1, -0.05) is 36.4 Å². The van der Waals surface area contributed by atoms with E-state index in [1.807, 2.05) is 36.6 Å². The van der Waals surface area contributed by atoms with E-state index in [9.17, 15) is 14.4 Å². The molecule has 2 aromatic carbocycles. The predicted molar refractivity (Wildman–Crippen MR) is 107 cm³/mol. The number of amides is 2. The van der Waals surface area contributed by atoms with Crippen LogP contribution in [0, 0.1) is 0 Å². The van der Waals surface area contributed by atoms with Crippen LogP contribution in [0.3, 0.4) is 0 Å². The smallest absolute Gasteiger partial charge is 0.335 e. The fraction of sp³-hybridized carbons (Fsp3) is 0.250. The molecule has 0 spiro atoms. The van der Waals surface area contributed by atoms with Crippen molar-refractivity contribution in [2.45, 2.75) is 18.9 Å². The minimum Gasteiger partial charge on any atom is -0.478 e. The second-order valence-electron chi connectivity index (χ2n) is 5.94. The van der Waals surface area contributed by atoms with Crippen molar-refractivity contribution in [1.82, 2.24) is 5.32 Å². The monoisotopic (exact) mass is 386 g/mol. The molecule has 6 nitrogen and oxygen atoms in total.